The van der Waals surface area contributed by atoms with E-state index in [1.807, 2.05) is 13.8 Å². The molecule has 0 aliphatic rings. The summed E-state index contributed by atoms with van der Waals surface area (Å²) in [6.07, 6.45) is 0. The molecule has 0 spiro atoms. The number of nitrogens with one attached hydrogen (secondary N) is 1. The van der Waals surface area contributed by atoms with Crippen LogP contribution in [0.2, 0.25) is 0 Å². The lowest BCUT2D eigenvalue weighted by molar-refractivity contribution is 0.591. The van der Waals surface area contributed by atoms with Gasteiger partial charge < -0.3 is 4.98 Å². The highest BCUT2D eigenvalue weighted by Crippen LogP contribution is 2.19. The molecule has 0 radical (unpaired) electrons. The maximum atomic E-state index is 13.0. The third kappa shape index (κ3) is 1.92. The Bertz CT molecular complexity index is 432. The van der Waals surface area contributed by atoms with Crippen LogP contribution in [0, 0.1) is 18.6 Å². The maximum absolute atomic E-state index is 13.0. The first-order chi connectivity index (χ1) is 6.66. The third-order valence-electron chi connectivity index (χ3n) is 1.78. The van der Waals surface area contributed by atoms with Gasteiger partial charge in [0.1, 0.15) is 11.6 Å². The number of rotatable bonds is 0. The average molecular weight is 197 g/mol. The van der Waals surface area contributed by atoms with Gasteiger partial charge in [0.15, 0.2) is 0 Å². The van der Waals surface area contributed by atoms with Gasteiger partial charge in [0.2, 0.25) is 0 Å². The average Bonchev–Trinajstić information content (AvgIpc) is 2.49. The van der Waals surface area contributed by atoms with Gasteiger partial charge >= 0.3 is 0 Å². The van der Waals surface area contributed by atoms with Crippen LogP contribution in [0.5, 0.6) is 0 Å². The van der Waals surface area contributed by atoms with Crippen LogP contribution in [-0.4, -0.2) is 4.98 Å². The summed E-state index contributed by atoms with van der Waals surface area (Å²) < 4.78 is 25.6. The van der Waals surface area contributed by atoms with E-state index < -0.39 is 11.6 Å². The van der Waals surface area contributed by atoms with E-state index in [4.69, 9.17) is 0 Å². The van der Waals surface area contributed by atoms with Crippen molar-refractivity contribution in [3.05, 3.63) is 35.5 Å². The van der Waals surface area contributed by atoms with E-state index in [9.17, 15) is 8.78 Å². The summed E-state index contributed by atoms with van der Waals surface area (Å²) in [4.78, 5) is 2.81. The molecule has 0 unspecified atom stereocenters. The topological polar surface area (TPSA) is 15.8 Å². The summed E-state index contributed by atoms with van der Waals surface area (Å²) in [6, 6.07) is 3.89. The molecule has 1 aromatic heterocycles. The van der Waals surface area contributed by atoms with Crippen LogP contribution in [0.3, 0.4) is 0 Å². The van der Waals surface area contributed by atoms with E-state index in [1.54, 1.807) is 13.0 Å². The molecule has 2 aromatic rings. The number of halogens is 2. The van der Waals surface area contributed by atoms with Crippen LogP contribution in [0.1, 0.15) is 19.5 Å². The number of aromatic amines is 1. The molecule has 0 aliphatic heterocycles. The second-order valence-electron chi connectivity index (χ2n) is 2.80. The van der Waals surface area contributed by atoms with Crippen molar-refractivity contribution >= 4 is 10.9 Å². The molecule has 1 aromatic carbocycles. The fraction of sp³-hybridized carbons (Fsp3) is 0.273. The molecule has 76 valence electrons. The fourth-order valence-electron chi connectivity index (χ4n) is 1.31. The number of fused-ring (bicyclic) bond motifs is 1. The monoisotopic (exact) mass is 197 g/mol. The normalized spacial score (nSPS) is 9.79. The van der Waals surface area contributed by atoms with E-state index in [0.717, 1.165) is 11.8 Å². The number of benzene rings is 1. The van der Waals surface area contributed by atoms with Gasteiger partial charge in [-0.2, -0.15) is 0 Å². The Balaban J connectivity index is 0.000000461. The second-order valence-corrected chi connectivity index (χ2v) is 2.80. The molecular formula is C11H13F2N. The van der Waals surface area contributed by atoms with Crippen LogP contribution >= 0.6 is 0 Å². The SMILES string of the molecule is CC.Cc1cc2cc(F)cc(F)c2[nH]1. The minimum atomic E-state index is -0.543. The zero-order chi connectivity index (χ0) is 10.7. The summed E-state index contributed by atoms with van der Waals surface area (Å²) >= 11 is 0. The minimum Gasteiger partial charge on any atom is -0.356 e. The van der Waals surface area contributed by atoms with Crippen molar-refractivity contribution in [1.82, 2.24) is 4.98 Å². The van der Waals surface area contributed by atoms with Gasteiger partial charge in [-0.25, -0.2) is 8.78 Å². The number of aromatic nitrogens is 1. The van der Waals surface area contributed by atoms with Crippen molar-refractivity contribution in [2.24, 2.45) is 0 Å². The third-order valence-corrected chi connectivity index (χ3v) is 1.78. The predicted octanol–water partition coefficient (Wildman–Crippen LogP) is 3.78. The van der Waals surface area contributed by atoms with Crippen LogP contribution in [0.4, 0.5) is 8.78 Å². The largest absolute Gasteiger partial charge is 0.356 e. The van der Waals surface area contributed by atoms with Crippen molar-refractivity contribution in [2.45, 2.75) is 20.8 Å². The molecule has 0 aliphatic carbocycles. The summed E-state index contributed by atoms with van der Waals surface area (Å²) in [6.45, 7) is 5.80. The second kappa shape index (κ2) is 4.22. The summed E-state index contributed by atoms with van der Waals surface area (Å²) in [5, 5.41) is 0.574. The lowest BCUT2D eigenvalue weighted by atomic mass is 10.2. The zero-order valence-electron chi connectivity index (χ0n) is 8.49. The smallest absolute Gasteiger partial charge is 0.150 e. The van der Waals surface area contributed by atoms with Crippen molar-refractivity contribution in [3.8, 4) is 0 Å². The highest BCUT2D eigenvalue weighted by atomic mass is 19.1. The van der Waals surface area contributed by atoms with Crippen LogP contribution in [0.15, 0.2) is 18.2 Å². The first-order valence-electron chi connectivity index (χ1n) is 4.61. The Morgan fingerprint density at radius 3 is 2.36 bits per heavy atom. The Labute approximate surface area is 81.8 Å². The molecule has 2 rings (SSSR count). The summed E-state index contributed by atoms with van der Waals surface area (Å²) in [5.74, 6) is -1.09. The van der Waals surface area contributed by atoms with Gasteiger partial charge in [0.05, 0.1) is 5.52 Å². The molecule has 0 saturated carbocycles. The van der Waals surface area contributed by atoms with Gasteiger partial charge in [-0.3, -0.25) is 0 Å². The molecule has 3 heteroatoms. The molecular weight excluding hydrogens is 184 g/mol. The standard InChI is InChI=1S/C9H7F2N.C2H6/c1-5-2-6-3-7(10)4-8(11)9(6)12-5;1-2/h2-4,12H,1H3;1-2H3. The Kier molecular flexibility index (Phi) is 3.23. The van der Waals surface area contributed by atoms with Crippen molar-refractivity contribution in [3.63, 3.8) is 0 Å². The first kappa shape index (κ1) is 10.7. The van der Waals surface area contributed by atoms with E-state index >= 15 is 0 Å². The van der Waals surface area contributed by atoms with Gasteiger partial charge in [0.25, 0.3) is 0 Å². The quantitative estimate of drug-likeness (QED) is 0.661. The molecule has 1 nitrogen and oxygen atoms in total. The molecule has 0 amide bonds. The van der Waals surface area contributed by atoms with E-state index in [-0.39, 0.29) is 0 Å². The highest BCUT2D eigenvalue weighted by Gasteiger charge is 2.05. The fourth-order valence-corrected chi connectivity index (χ4v) is 1.31. The van der Waals surface area contributed by atoms with Gasteiger partial charge in [-0.1, -0.05) is 13.8 Å². The Morgan fingerprint density at radius 1 is 1.07 bits per heavy atom. The van der Waals surface area contributed by atoms with Crippen LogP contribution in [0.25, 0.3) is 10.9 Å². The van der Waals surface area contributed by atoms with Gasteiger partial charge in [-0.05, 0) is 19.1 Å². The van der Waals surface area contributed by atoms with Crippen LogP contribution < -0.4 is 0 Å². The lowest BCUT2D eigenvalue weighted by Gasteiger charge is -1.92. The van der Waals surface area contributed by atoms with Crippen molar-refractivity contribution < 1.29 is 8.78 Å². The number of hydrogen-bond acceptors (Lipinski definition) is 0. The molecule has 0 fully saturated rings. The van der Waals surface area contributed by atoms with E-state index in [0.29, 0.717) is 10.9 Å². The van der Waals surface area contributed by atoms with Gasteiger partial charge in [0, 0.05) is 17.1 Å². The van der Waals surface area contributed by atoms with Crippen molar-refractivity contribution in [1.29, 1.82) is 0 Å². The first-order valence-corrected chi connectivity index (χ1v) is 4.61. The zero-order valence-corrected chi connectivity index (χ0v) is 8.49. The number of aryl methyl sites for hydroxylation is 1. The number of hydrogen-bond donors (Lipinski definition) is 1. The molecule has 14 heavy (non-hydrogen) atoms. The molecule has 1 N–H and O–H groups in total. The molecule has 0 saturated heterocycles. The summed E-state index contributed by atoms with van der Waals surface area (Å²) in [5.41, 5.74) is 1.20. The molecule has 0 bridgehead atoms. The lowest BCUT2D eigenvalue weighted by Crippen LogP contribution is -1.80. The number of H-pyrrole nitrogens is 1. The predicted molar refractivity (Wildman–Crippen MR) is 54.3 cm³/mol. The maximum Gasteiger partial charge on any atom is 0.150 e. The Hall–Kier alpha value is -1.38. The van der Waals surface area contributed by atoms with E-state index in [1.165, 1.54) is 6.07 Å². The Morgan fingerprint density at radius 2 is 1.71 bits per heavy atom. The van der Waals surface area contributed by atoms with Crippen LogP contribution in [-0.2, 0) is 0 Å². The highest BCUT2D eigenvalue weighted by molar-refractivity contribution is 5.80. The molecule has 0 atom stereocenters. The van der Waals surface area contributed by atoms with Crippen molar-refractivity contribution in [2.75, 3.05) is 0 Å². The minimum absolute atomic E-state index is 0.369. The van der Waals surface area contributed by atoms with E-state index in [2.05, 4.69) is 4.98 Å². The molecule has 1 heterocycles. The summed E-state index contributed by atoms with van der Waals surface area (Å²) in [7, 11) is 0. The van der Waals surface area contributed by atoms with Gasteiger partial charge in [-0.15, -0.1) is 0 Å².